The maximum atomic E-state index is 11.1. The van der Waals surface area contributed by atoms with Crippen LogP contribution in [0.2, 0.25) is 0 Å². The second-order valence-electron chi connectivity index (χ2n) is 5.03. The molecule has 0 heterocycles. The fourth-order valence-electron chi connectivity index (χ4n) is 2.16. The topological polar surface area (TPSA) is 89.5 Å². The molecule has 0 amide bonds. The Morgan fingerprint density at radius 3 is 1.68 bits per heavy atom. The summed E-state index contributed by atoms with van der Waals surface area (Å²) in [5.74, 6) is 0. The summed E-state index contributed by atoms with van der Waals surface area (Å²) in [6.45, 7) is 3.49. The molecule has 2 aromatic rings. The standard InChI is InChI=1S/C15H15N3O4/c1-11(2)16(18(21)22)14-7-3-12(4-8-14)13-5-9-15(10-6-13)17(19)20/h3-11H,1-2H3. The molecule has 0 N–H and O–H groups in total. The van der Waals surface area contributed by atoms with Gasteiger partial charge in [-0.15, -0.1) is 0 Å². The quantitative estimate of drug-likeness (QED) is 0.621. The molecule has 0 aliphatic carbocycles. The summed E-state index contributed by atoms with van der Waals surface area (Å²) in [5, 5.41) is 22.3. The van der Waals surface area contributed by atoms with Crippen LogP contribution in [0.15, 0.2) is 48.5 Å². The molecule has 0 fully saturated rings. The smallest absolute Gasteiger partial charge is 0.258 e. The fraction of sp³-hybridized carbons (Fsp3) is 0.200. The van der Waals surface area contributed by atoms with Crippen LogP contribution in [0, 0.1) is 20.2 Å². The Morgan fingerprint density at radius 1 is 0.864 bits per heavy atom. The van der Waals surface area contributed by atoms with Gasteiger partial charge in [0.2, 0.25) is 0 Å². The van der Waals surface area contributed by atoms with Gasteiger partial charge in [0.1, 0.15) is 5.69 Å². The lowest BCUT2D eigenvalue weighted by molar-refractivity contribution is -0.499. The summed E-state index contributed by atoms with van der Waals surface area (Å²) >= 11 is 0. The van der Waals surface area contributed by atoms with Crippen molar-refractivity contribution in [1.82, 2.24) is 0 Å². The Kier molecular flexibility index (Phi) is 4.36. The first-order valence-corrected chi connectivity index (χ1v) is 6.68. The predicted molar refractivity (Wildman–Crippen MR) is 83.1 cm³/mol. The third kappa shape index (κ3) is 3.20. The average Bonchev–Trinajstić information content (AvgIpc) is 2.47. The molecule has 0 aliphatic heterocycles. The zero-order valence-electron chi connectivity index (χ0n) is 12.2. The number of anilines is 1. The minimum atomic E-state index is -0.454. The van der Waals surface area contributed by atoms with Crippen molar-refractivity contribution in [3.8, 4) is 11.1 Å². The molecular formula is C15H15N3O4. The maximum Gasteiger partial charge on any atom is 0.269 e. The van der Waals surface area contributed by atoms with Crippen LogP contribution < -0.4 is 5.01 Å². The van der Waals surface area contributed by atoms with Gasteiger partial charge < -0.3 is 0 Å². The molecule has 0 saturated carbocycles. The van der Waals surface area contributed by atoms with Crippen molar-refractivity contribution in [2.24, 2.45) is 0 Å². The number of hydrazine groups is 1. The monoisotopic (exact) mass is 301 g/mol. The van der Waals surface area contributed by atoms with Crippen LogP contribution in [-0.4, -0.2) is 16.0 Å². The van der Waals surface area contributed by atoms with Crippen molar-refractivity contribution in [2.45, 2.75) is 19.9 Å². The van der Waals surface area contributed by atoms with Crippen molar-refractivity contribution < 1.29 is 9.96 Å². The molecule has 22 heavy (non-hydrogen) atoms. The van der Waals surface area contributed by atoms with E-state index in [1.165, 1.54) is 12.1 Å². The molecule has 7 nitrogen and oxygen atoms in total. The van der Waals surface area contributed by atoms with Crippen LogP contribution in [0.3, 0.4) is 0 Å². The molecule has 2 aromatic carbocycles. The first kappa shape index (κ1) is 15.4. The molecule has 0 aromatic heterocycles. The summed E-state index contributed by atoms with van der Waals surface area (Å²) in [7, 11) is 0. The number of nitro groups is 2. The van der Waals surface area contributed by atoms with Gasteiger partial charge in [-0.25, -0.2) is 10.1 Å². The zero-order chi connectivity index (χ0) is 16.3. The van der Waals surface area contributed by atoms with Crippen molar-refractivity contribution in [2.75, 3.05) is 5.01 Å². The fourth-order valence-corrected chi connectivity index (χ4v) is 2.16. The van der Waals surface area contributed by atoms with E-state index in [2.05, 4.69) is 0 Å². The summed E-state index contributed by atoms with van der Waals surface area (Å²) in [6.07, 6.45) is 0. The number of hydrogen-bond acceptors (Lipinski definition) is 4. The van der Waals surface area contributed by atoms with Gasteiger partial charge in [0.25, 0.3) is 5.69 Å². The largest absolute Gasteiger partial charge is 0.269 e. The summed E-state index contributed by atoms with van der Waals surface area (Å²) in [4.78, 5) is 21.2. The van der Waals surface area contributed by atoms with E-state index in [1.807, 2.05) is 0 Å². The number of hydrogen-bond donors (Lipinski definition) is 0. The lowest BCUT2D eigenvalue weighted by atomic mass is 10.0. The summed E-state index contributed by atoms with van der Waals surface area (Å²) < 4.78 is 0. The van der Waals surface area contributed by atoms with Gasteiger partial charge in [-0.3, -0.25) is 10.1 Å². The Morgan fingerprint density at radius 2 is 1.32 bits per heavy atom. The highest BCUT2D eigenvalue weighted by Crippen LogP contribution is 2.25. The minimum absolute atomic E-state index is 0.0275. The van der Waals surface area contributed by atoms with E-state index in [4.69, 9.17) is 0 Å². The maximum absolute atomic E-state index is 11.1. The zero-order valence-corrected chi connectivity index (χ0v) is 12.2. The molecule has 0 spiro atoms. The van der Waals surface area contributed by atoms with Crippen LogP contribution in [0.5, 0.6) is 0 Å². The molecule has 0 unspecified atom stereocenters. The summed E-state index contributed by atoms with van der Waals surface area (Å²) in [6, 6.07) is 12.8. The molecule has 0 saturated heterocycles. The highest BCUT2D eigenvalue weighted by Gasteiger charge is 2.20. The second-order valence-corrected chi connectivity index (χ2v) is 5.03. The van der Waals surface area contributed by atoms with E-state index >= 15 is 0 Å². The lowest BCUT2D eigenvalue weighted by Crippen LogP contribution is -2.36. The van der Waals surface area contributed by atoms with Crippen molar-refractivity contribution in [3.63, 3.8) is 0 Å². The number of nitro benzene ring substituents is 1. The molecule has 7 heteroatoms. The Bertz CT molecular complexity index is 681. The van der Waals surface area contributed by atoms with Gasteiger partial charge in [-0.2, -0.15) is 0 Å². The third-order valence-corrected chi connectivity index (χ3v) is 3.21. The van der Waals surface area contributed by atoms with Gasteiger partial charge in [0.15, 0.2) is 5.03 Å². The number of nitrogens with zero attached hydrogens (tertiary/aromatic N) is 3. The van der Waals surface area contributed by atoms with Gasteiger partial charge in [0.05, 0.1) is 11.0 Å². The van der Waals surface area contributed by atoms with Crippen LogP contribution in [0.1, 0.15) is 13.8 Å². The normalized spacial score (nSPS) is 10.5. The van der Waals surface area contributed by atoms with Gasteiger partial charge in [0, 0.05) is 12.1 Å². The lowest BCUT2D eigenvalue weighted by Gasteiger charge is -2.18. The Labute approximate surface area is 127 Å². The number of rotatable bonds is 5. The summed E-state index contributed by atoms with van der Waals surface area (Å²) in [5.41, 5.74) is 2.17. The van der Waals surface area contributed by atoms with Gasteiger partial charge >= 0.3 is 0 Å². The molecule has 0 bridgehead atoms. The highest BCUT2D eigenvalue weighted by atomic mass is 16.7. The van der Waals surface area contributed by atoms with Crippen molar-refractivity contribution >= 4 is 11.4 Å². The Balaban J connectivity index is 2.28. The number of non-ortho nitro benzene ring substituents is 1. The number of benzene rings is 2. The van der Waals surface area contributed by atoms with E-state index in [1.54, 1.807) is 50.2 Å². The molecule has 2 rings (SSSR count). The molecular weight excluding hydrogens is 286 g/mol. The first-order chi connectivity index (χ1) is 10.4. The SMILES string of the molecule is CC(C)N(c1ccc(-c2ccc([N+](=O)[O-])cc2)cc1)[N+](=O)[O-]. The van der Waals surface area contributed by atoms with E-state index in [0.717, 1.165) is 16.1 Å². The Hall–Kier alpha value is -2.96. The van der Waals surface area contributed by atoms with Crippen molar-refractivity contribution in [3.05, 3.63) is 68.8 Å². The molecule has 0 atom stereocenters. The molecule has 0 aliphatic rings. The van der Waals surface area contributed by atoms with E-state index in [9.17, 15) is 20.2 Å². The minimum Gasteiger partial charge on any atom is -0.258 e. The highest BCUT2D eigenvalue weighted by molar-refractivity contribution is 5.67. The van der Waals surface area contributed by atoms with Gasteiger partial charge in [-0.1, -0.05) is 17.1 Å². The van der Waals surface area contributed by atoms with E-state index in [0.29, 0.717) is 5.69 Å². The third-order valence-electron chi connectivity index (χ3n) is 3.21. The molecule has 0 radical (unpaired) electrons. The first-order valence-electron chi connectivity index (χ1n) is 6.68. The van der Waals surface area contributed by atoms with Crippen LogP contribution in [-0.2, 0) is 0 Å². The van der Waals surface area contributed by atoms with E-state index in [-0.39, 0.29) is 11.7 Å². The van der Waals surface area contributed by atoms with Crippen molar-refractivity contribution in [1.29, 1.82) is 0 Å². The predicted octanol–water partition coefficient (Wildman–Crippen LogP) is 3.67. The second kappa shape index (κ2) is 6.21. The van der Waals surface area contributed by atoms with Gasteiger partial charge in [-0.05, 0) is 49.2 Å². The van der Waals surface area contributed by atoms with E-state index < -0.39 is 9.96 Å². The van der Waals surface area contributed by atoms with Crippen LogP contribution in [0.4, 0.5) is 11.4 Å². The van der Waals surface area contributed by atoms with Crippen LogP contribution in [0.25, 0.3) is 11.1 Å². The average molecular weight is 301 g/mol. The molecule has 114 valence electrons. The van der Waals surface area contributed by atoms with Crippen LogP contribution >= 0.6 is 0 Å².